The Hall–Kier alpha value is -2.42. The van der Waals surface area contributed by atoms with Gasteiger partial charge < -0.3 is 15.2 Å². The van der Waals surface area contributed by atoms with E-state index in [4.69, 9.17) is 10.3 Å². The maximum absolute atomic E-state index is 13.8. The van der Waals surface area contributed by atoms with E-state index >= 15 is 0 Å². The molecule has 1 saturated heterocycles. The van der Waals surface area contributed by atoms with E-state index in [-0.39, 0.29) is 35.8 Å². The lowest BCUT2D eigenvalue weighted by Crippen LogP contribution is -2.47. The first-order chi connectivity index (χ1) is 13.1. The van der Waals surface area contributed by atoms with E-state index in [0.29, 0.717) is 30.7 Å². The molecule has 0 aliphatic carbocycles. The molecule has 1 amide bonds. The first kappa shape index (κ1) is 20.3. The third-order valence-electron chi connectivity index (χ3n) is 4.75. The number of amides is 1. The summed E-state index contributed by atoms with van der Waals surface area (Å²) < 4.78 is 45.4. The molecule has 6 nitrogen and oxygen atoms in total. The molecular weight excluding hydrogens is 373 g/mol. The molecule has 0 saturated carbocycles. The number of carbonyl (C=O) groups is 1. The first-order valence-electron chi connectivity index (χ1n) is 9.09. The van der Waals surface area contributed by atoms with Crippen molar-refractivity contribution >= 4 is 5.91 Å². The van der Waals surface area contributed by atoms with Crippen LogP contribution in [-0.2, 0) is 16.6 Å². The third kappa shape index (κ3) is 4.19. The van der Waals surface area contributed by atoms with Crippen molar-refractivity contribution in [1.29, 1.82) is 0 Å². The Balaban J connectivity index is 1.61. The van der Waals surface area contributed by atoms with Gasteiger partial charge in [-0.2, -0.15) is 4.98 Å². The molecule has 1 aliphatic rings. The van der Waals surface area contributed by atoms with Crippen molar-refractivity contribution in [3.8, 4) is 0 Å². The van der Waals surface area contributed by atoms with Crippen LogP contribution in [0.15, 0.2) is 16.7 Å². The minimum absolute atomic E-state index is 0.0603. The average Bonchev–Trinajstić information content (AvgIpc) is 3.00. The van der Waals surface area contributed by atoms with Gasteiger partial charge >= 0.3 is 0 Å². The fourth-order valence-electron chi connectivity index (χ4n) is 3.03. The standard InChI is InChI=1S/C19H23F3N4O2/c1-19(2,3)18-24-17(28-25-18)15-4-5-26(15)16(27)8-11(23)6-10-7-13(21)14(22)9-12(10)20/h7,9,11,15H,4-6,8,23H2,1-3H3/t11-,15+/m1/s1. The van der Waals surface area contributed by atoms with Gasteiger partial charge in [0.25, 0.3) is 0 Å². The van der Waals surface area contributed by atoms with Gasteiger partial charge in [-0.1, -0.05) is 25.9 Å². The van der Waals surface area contributed by atoms with Gasteiger partial charge in [0.2, 0.25) is 11.8 Å². The van der Waals surface area contributed by atoms with Gasteiger partial charge in [-0.3, -0.25) is 4.79 Å². The molecule has 1 aromatic heterocycles. The maximum Gasteiger partial charge on any atom is 0.249 e. The molecule has 2 N–H and O–H groups in total. The number of benzene rings is 1. The van der Waals surface area contributed by atoms with Crippen LogP contribution in [0.1, 0.15) is 56.9 Å². The van der Waals surface area contributed by atoms with Crippen molar-refractivity contribution in [2.75, 3.05) is 6.54 Å². The zero-order valence-corrected chi connectivity index (χ0v) is 16.0. The van der Waals surface area contributed by atoms with Crippen LogP contribution in [0.4, 0.5) is 13.2 Å². The second kappa shape index (κ2) is 7.54. The number of aromatic nitrogens is 2. The molecule has 2 heterocycles. The molecular formula is C19H23F3N4O2. The SMILES string of the molecule is CC(C)(C)c1noc([C@@H]2CCN2C(=O)C[C@H](N)Cc2cc(F)c(F)cc2F)n1. The van der Waals surface area contributed by atoms with Crippen LogP contribution in [0.25, 0.3) is 0 Å². The van der Waals surface area contributed by atoms with Crippen molar-refractivity contribution in [3.05, 3.63) is 46.9 Å². The number of rotatable bonds is 5. The van der Waals surface area contributed by atoms with Crippen molar-refractivity contribution in [2.45, 2.75) is 57.5 Å². The molecule has 28 heavy (non-hydrogen) atoms. The molecule has 0 bridgehead atoms. The van der Waals surface area contributed by atoms with Crippen molar-refractivity contribution < 1.29 is 22.5 Å². The minimum atomic E-state index is -1.26. The highest BCUT2D eigenvalue weighted by Gasteiger charge is 2.38. The van der Waals surface area contributed by atoms with Gasteiger partial charge in [-0.25, -0.2) is 13.2 Å². The summed E-state index contributed by atoms with van der Waals surface area (Å²) in [5, 5.41) is 3.97. The summed E-state index contributed by atoms with van der Waals surface area (Å²) in [5.74, 6) is -2.59. The molecule has 0 radical (unpaired) electrons. The van der Waals surface area contributed by atoms with E-state index in [1.165, 1.54) is 0 Å². The number of nitrogens with two attached hydrogens (primary N) is 1. The molecule has 9 heteroatoms. The molecule has 1 fully saturated rings. The quantitative estimate of drug-likeness (QED) is 0.786. The minimum Gasteiger partial charge on any atom is -0.337 e. The largest absolute Gasteiger partial charge is 0.337 e. The number of halogens is 3. The molecule has 2 atom stereocenters. The number of hydrogen-bond donors (Lipinski definition) is 1. The van der Waals surface area contributed by atoms with Crippen LogP contribution in [0.3, 0.4) is 0 Å². The highest BCUT2D eigenvalue weighted by molar-refractivity contribution is 5.78. The van der Waals surface area contributed by atoms with Gasteiger partial charge in [0.15, 0.2) is 17.5 Å². The van der Waals surface area contributed by atoms with Gasteiger partial charge in [0.1, 0.15) is 11.9 Å². The van der Waals surface area contributed by atoms with Crippen LogP contribution in [-0.4, -0.2) is 33.5 Å². The number of hydrogen-bond acceptors (Lipinski definition) is 5. The topological polar surface area (TPSA) is 85.2 Å². The van der Waals surface area contributed by atoms with Crippen molar-refractivity contribution in [3.63, 3.8) is 0 Å². The molecule has 3 rings (SSSR count). The number of carbonyl (C=O) groups excluding carboxylic acids is 1. The lowest BCUT2D eigenvalue weighted by molar-refractivity contribution is -0.140. The summed E-state index contributed by atoms with van der Waals surface area (Å²) in [6.45, 7) is 6.41. The van der Waals surface area contributed by atoms with Crippen LogP contribution >= 0.6 is 0 Å². The monoisotopic (exact) mass is 396 g/mol. The molecule has 1 aromatic carbocycles. The molecule has 0 unspecified atom stereocenters. The molecule has 2 aromatic rings. The highest BCUT2D eigenvalue weighted by atomic mass is 19.2. The van der Waals surface area contributed by atoms with E-state index in [1.54, 1.807) is 4.90 Å². The Labute approximate surface area is 160 Å². The summed E-state index contributed by atoms with van der Waals surface area (Å²) in [4.78, 5) is 18.5. The predicted octanol–water partition coefficient (Wildman–Crippen LogP) is 3.02. The average molecular weight is 396 g/mol. The Kier molecular flexibility index (Phi) is 5.47. The first-order valence-corrected chi connectivity index (χ1v) is 9.09. The van der Waals surface area contributed by atoms with Crippen LogP contribution < -0.4 is 5.73 Å². The predicted molar refractivity (Wildman–Crippen MR) is 94.7 cm³/mol. The Morgan fingerprint density at radius 2 is 1.96 bits per heavy atom. The van der Waals surface area contributed by atoms with Gasteiger partial charge in [-0.15, -0.1) is 0 Å². The highest BCUT2D eigenvalue weighted by Crippen LogP contribution is 2.34. The summed E-state index contributed by atoms with van der Waals surface area (Å²) in [6, 6.07) is 0.213. The normalized spacial score (nSPS) is 18.1. The van der Waals surface area contributed by atoms with E-state index < -0.39 is 23.5 Å². The third-order valence-corrected chi connectivity index (χ3v) is 4.75. The van der Waals surface area contributed by atoms with E-state index in [9.17, 15) is 18.0 Å². The zero-order valence-electron chi connectivity index (χ0n) is 16.0. The summed E-state index contributed by atoms with van der Waals surface area (Å²) >= 11 is 0. The lowest BCUT2D eigenvalue weighted by Gasteiger charge is -2.39. The molecule has 0 spiro atoms. The maximum atomic E-state index is 13.8. The lowest BCUT2D eigenvalue weighted by atomic mass is 9.96. The second-order valence-electron chi connectivity index (χ2n) is 8.12. The van der Waals surface area contributed by atoms with Gasteiger partial charge in [0, 0.05) is 30.5 Å². The Morgan fingerprint density at radius 1 is 1.29 bits per heavy atom. The smallest absolute Gasteiger partial charge is 0.249 e. The fraction of sp³-hybridized carbons (Fsp3) is 0.526. The number of nitrogens with zero attached hydrogens (tertiary/aromatic N) is 3. The number of likely N-dealkylation sites (tertiary alicyclic amines) is 1. The van der Waals surface area contributed by atoms with Crippen molar-refractivity contribution in [1.82, 2.24) is 15.0 Å². The fourth-order valence-corrected chi connectivity index (χ4v) is 3.03. The Bertz CT molecular complexity index is 879. The van der Waals surface area contributed by atoms with E-state index in [0.717, 1.165) is 6.07 Å². The second-order valence-corrected chi connectivity index (χ2v) is 8.12. The zero-order chi connectivity index (χ0) is 20.6. The van der Waals surface area contributed by atoms with Gasteiger partial charge in [-0.05, 0) is 24.5 Å². The molecule has 1 aliphatic heterocycles. The van der Waals surface area contributed by atoms with Crippen molar-refractivity contribution in [2.24, 2.45) is 5.73 Å². The van der Waals surface area contributed by atoms with E-state index in [1.807, 2.05) is 20.8 Å². The Morgan fingerprint density at radius 3 is 2.54 bits per heavy atom. The summed E-state index contributed by atoms with van der Waals surface area (Å²) in [6.07, 6.45) is 0.557. The van der Waals surface area contributed by atoms with Crippen LogP contribution in [0.5, 0.6) is 0 Å². The van der Waals surface area contributed by atoms with Gasteiger partial charge in [0.05, 0.1) is 0 Å². The van der Waals surface area contributed by atoms with Crippen LogP contribution in [0.2, 0.25) is 0 Å². The summed E-state index contributed by atoms with van der Waals surface area (Å²) in [5.41, 5.74) is 5.61. The van der Waals surface area contributed by atoms with Crippen LogP contribution in [0, 0.1) is 17.5 Å². The summed E-state index contributed by atoms with van der Waals surface area (Å²) in [7, 11) is 0. The van der Waals surface area contributed by atoms with E-state index in [2.05, 4.69) is 10.1 Å². The molecule has 152 valence electrons.